The number of Topliss-reactive ketones (excluding diaryl/α,β-unsaturated/α-hetero) is 1. The molecule has 0 atom stereocenters. The van der Waals surface area contributed by atoms with Crippen molar-refractivity contribution >= 4 is 15.8 Å². The number of aromatic nitrogens is 1. The van der Waals surface area contributed by atoms with Crippen molar-refractivity contribution in [2.75, 3.05) is 0 Å². The van der Waals surface area contributed by atoms with E-state index in [1.807, 2.05) is 0 Å². The summed E-state index contributed by atoms with van der Waals surface area (Å²) in [7, 11) is -3.67. The summed E-state index contributed by atoms with van der Waals surface area (Å²) in [6.07, 6.45) is 3.20. The number of carbonyl (C=O) groups is 1. The molecule has 1 aromatic carbocycles. The molecule has 0 bridgehead atoms. The monoisotopic (exact) mass is 304 g/mol. The van der Waals surface area contributed by atoms with Gasteiger partial charge in [0.15, 0.2) is 5.78 Å². The van der Waals surface area contributed by atoms with E-state index in [2.05, 4.69) is 9.71 Å². The summed E-state index contributed by atoms with van der Waals surface area (Å²) in [5, 5.41) is 0. The van der Waals surface area contributed by atoms with Crippen molar-refractivity contribution in [3.63, 3.8) is 0 Å². The first-order valence-corrected chi connectivity index (χ1v) is 7.88. The molecule has 21 heavy (non-hydrogen) atoms. The molecule has 0 fully saturated rings. The lowest BCUT2D eigenvalue weighted by Gasteiger charge is -2.10. The number of pyridine rings is 1. The van der Waals surface area contributed by atoms with Crippen LogP contribution >= 0.6 is 0 Å². The molecule has 5 nitrogen and oxygen atoms in total. The topological polar surface area (TPSA) is 76.1 Å². The minimum atomic E-state index is -3.67. The van der Waals surface area contributed by atoms with E-state index < -0.39 is 10.0 Å². The van der Waals surface area contributed by atoms with Crippen molar-refractivity contribution in [3.05, 3.63) is 59.4 Å². The van der Waals surface area contributed by atoms with E-state index >= 15 is 0 Å². The van der Waals surface area contributed by atoms with Gasteiger partial charge in [0.05, 0.1) is 4.90 Å². The lowest BCUT2D eigenvalue weighted by molar-refractivity contribution is 0.101. The van der Waals surface area contributed by atoms with Crippen molar-refractivity contribution < 1.29 is 13.2 Å². The summed E-state index contributed by atoms with van der Waals surface area (Å²) >= 11 is 0. The second-order valence-corrected chi connectivity index (χ2v) is 6.45. The van der Waals surface area contributed by atoms with Gasteiger partial charge in [-0.25, -0.2) is 13.1 Å². The maximum absolute atomic E-state index is 12.4. The first kappa shape index (κ1) is 15.3. The van der Waals surface area contributed by atoms with Crippen LogP contribution in [-0.2, 0) is 16.6 Å². The molecule has 0 aliphatic carbocycles. The zero-order chi connectivity index (χ0) is 15.5. The lowest BCUT2D eigenvalue weighted by Crippen LogP contribution is -2.24. The Hall–Kier alpha value is -2.05. The molecule has 0 spiro atoms. The normalized spacial score (nSPS) is 11.3. The largest absolute Gasteiger partial charge is 0.295 e. The van der Waals surface area contributed by atoms with Crippen LogP contribution in [-0.4, -0.2) is 19.2 Å². The van der Waals surface area contributed by atoms with E-state index in [4.69, 9.17) is 0 Å². The number of aryl methyl sites for hydroxylation is 1. The summed E-state index contributed by atoms with van der Waals surface area (Å²) < 4.78 is 27.3. The fourth-order valence-corrected chi connectivity index (χ4v) is 3.15. The van der Waals surface area contributed by atoms with Crippen LogP contribution in [0, 0.1) is 6.92 Å². The highest BCUT2D eigenvalue weighted by Gasteiger charge is 2.18. The van der Waals surface area contributed by atoms with E-state index in [1.165, 1.54) is 13.0 Å². The maximum atomic E-state index is 12.4. The molecule has 0 unspecified atom stereocenters. The Morgan fingerprint density at radius 3 is 2.48 bits per heavy atom. The van der Waals surface area contributed by atoms with Gasteiger partial charge in [-0.1, -0.05) is 12.1 Å². The summed E-state index contributed by atoms with van der Waals surface area (Å²) in [4.78, 5) is 15.4. The summed E-state index contributed by atoms with van der Waals surface area (Å²) in [5.74, 6) is -0.166. The molecule has 2 rings (SSSR count). The Balaban J connectivity index is 2.27. The number of rotatable bonds is 5. The highest BCUT2D eigenvalue weighted by molar-refractivity contribution is 7.89. The molecular formula is C15H16N2O3S. The number of ketones is 1. The van der Waals surface area contributed by atoms with Crippen LogP contribution in [0.5, 0.6) is 0 Å². The van der Waals surface area contributed by atoms with Gasteiger partial charge in [-0.2, -0.15) is 0 Å². The van der Waals surface area contributed by atoms with Crippen molar-refractivity contribution in [1.82, 2.24) is 9.71 Å². The third kappa shape index (κ3) is 3.74. The highest BCUT2D eigenvalue weighted by atomic mass is 32.2. The maximum Gasteiger partial charge on any atom is 0.241 e. The number of hydrogen-bond donors (Lipinski definition) is 1. The second-order valence-electron chi connectivity index (χ2n) is 4.72. The number of carbonyl (C=O) groups excluding carboxylic acids is 1. The molecule has 0 aliphatic heterocycles. The summed E-state index contributed by atoms with van der Waals surface area (Å²) in [6.45, 7) is 3.28. The number of benzene rings is 1. The zero-order valence-electron chi connectivity index (χ0n) is 11.8. The molecule has 0 saturated carbocycles. The van der Waals surface area contributed by atoms with Crippen LogP contribution < -0.4 is 4.72 Å². The van der Waals surface area contributed by atoms with E-state index in [9.17, 15) is 13.2 Å². The highest BCUT2D eigenvalue weighted by Crippen LogP contribution is 2.17. The van der Waals surface area contributed by atoms with Gasteiger partial charge >= 0.3 is 0 Å². The Morgan fingerprint density at radius 1 is 1.19 bits per heavy atom. The van der Waals surface area contributed by atoms with Crippen LogP contribution in [0.25, 0.3) is 0 Å². The third-order valence-corrected chi connectivity index (χ3v) is 4.64. The number of sulfonamides is 1. The number of nitrogens with one attached hydrogen (secondary N) is 1. The zero-order valence-corrected chi connectivity index (χ0v) is 12.6. The van der Waals surface area contributed by atoms with Crippen molar-refractivity contribution in [1.29, 1.82) is 0 Å². The van der Waals surface area contributed by atoms with Crippen LogP contribution in [0.15, 0.2) is 47.6 Å². The molecule has 0 aliphatic rings. The van der Waals surface area contributed by atoms with Crippen LogP contribution in [0.3, 0.4) is 0 Å². The van der Waals surface area contributed by atoms with Gasteiger partial charge in [0.25, 0.3) is 0 Å². The number of nitrogens with zero attached hydrogens (tertiary/aromatic N) is 1. The van der Waals surface area contributed by atoms with Crippen molar-refractivity contribution in [3.8, 4) is 0 Å². The van der Waals surface area contributed by atoms with Crippen LogP contribution in [0.4, 0.5) is 0 Å². The molecular weight excluding hydrogens is 288 g/mol. The molecule has 110 valence electrons. The Bertz CT molecular complexity index is 756. The molecule has 1 heterocycles. The average molecular weight is 304 g/mol. The Labute approximate surface area is 124 Å². The predicted molar refractivity (Wildman–Crippen MR) is 79.4 cm³/mol. The standard InChI is InChI=1S/C15H16N2O3S/c1-11-3-4-14(12(2)18)9-15(11)21(19,20)17-10-13-5-7-16-8-6-13/h3-9,17H,10H2,1-2H3. The molecule has 0 amide bonds. The van der Waals surface area contributed by atoms with Gasteiger partial charge in [-0.05, 0) is 43.2 Å². The van der Waals surface area contributed by atoms with Crippen molar-refractivity contribution in [2.24, 2.45) is 0 Å². The van der Waals surface area contributed by atoms with E-state index in [-0.39, 0.29) is 17.2 Å². The molecule has 2 aromatic rings. The fraction of sp³-hybridized carbons (Fsp3) is 0.200. The summed E-state index contributed by atoms with van der Waals surface area (Å²) in [6, 6.07) is 8.15. The number of hydrogen-bond acceptors (Lipinski definition) is 4. The molecule has 1 N–H and O–H groups in total. The van der Waals surface area contributed by atoms with Gasteiger partial charge in [0, 0.05) is 24.5 Å². The van der Waals surface area contributed by atoms with Gasteiger partial charge < -0.3 is 0 Å². The van der Waals surface area contributed by atoms with Crippen molar-refractivity contribution in [2.45, 2.75) is 25.3 Å². The minimum Gasteiger partial charge on any atom is -0.295 e. The first-order valence-electron chi connectivity index (χ1n) is 6.40. The molecule has 0 radical (unpaired) electrons. The third-order valence-electron chi connectivity index (χ3n) is 3.10. The predicted octanol–water partition coefficient (Wildman–Crippen LogP) is 2.07. The van der Waals surface area contributed by atoms with Gasteiger partial charge in [-0.3, -0.25) is 9.78 Å². The average Bonchev–Trinajstić information content (AvgIpc) is 2.46. The molecule has 1 aromatic heterocycles. The van der Waals surface area contributed by atoms with Gasteiger partial charge in [0.1, 0.15) is 0 Å². The fourth-order valence-electron chi connectivity index (χ4n) is 1.87. The smallest absolute Gasteiger partial charge is 0.241 e. The van der Waals surface area contributed by atoms with E-state index in [1.54, 1.807) is 43.6 Å². The summed E-state index contributed by atoms with van der Waals surface area (Å²) in [5.41, 5.74) is 1.79. The van der Waals surface area contributed by atoms with E-state index in [0.29, 0.717) is 11.1 Å². The van der Waals surface area contributed by atoms with Gasteiger partial charge in [-0.15, -0.1) is 0 Å². The van der Waals surface area contributed by atoms with Crippen LogP contribution in [0.2, 0.25) is 0 Å². The molecule has 0 saturated heterocycles. The van der Waals surface area contributed by atoms with Gasteiger partial charge in [0.2, 0.25) is 10.0 Å². The molecule has 6 heteroatoms. The quantitative estimate of drug-likeness (QED) is 0.858. The lowest BCUT2D eigenvalue weighted by atomic mass is 10.1. The first-order chi connectivity index (χ1) is 9.90. The van der Waals surface area contributed by atoms with E-state index in [0.717, 1.165) is 5.56 Å². The Kier molecular flexibility index (Phi) is 4.50. The second kappa shape index (κ2) is 6.15. The SMILES string of the molecule is CC(=O)c1ccc(C)c(S(=O)(=O)NCc2ccncc2)c1. The Morgan fingerprint density at radius 2 is 1.86 bits per heavy atom. The van der Waals surface area contributed by atoms with Crippen LogP contribution in [0.1, 0.15) is 28.4 Å². The minimum absolute atomic E-state index is 0.129.